The highest BCUT2D eigenvalue weighted by atomic mass is 28.3. The summed E-state index contributed by atoms with van der Waals surface area (Å²) < 4.78 is 9.67. The monoisotopic (exact) mass is 504 g/mol. The Kier molecular flexibility index (Phi) is 7.37. The van der Waals surface area contributed by atoms with E-state index < -0.39 is 14.0 Å². The standard InChI is InChI=1S/C26H32N6O3Si/c1-28-23(33)15-19-16-31(20-8-6-5-7-9-20)26(29-19)24-21-14-18(25(27)34)10-11-22(21)32(30-24)17-35-12-13-36(2,3)4/h5-11,14,16H,12-13,15,17H2,1-4H3,(H2,27,34)(H,28,33). The minimum Gasteiger partial charge on any atom is -0.366 e. The van der Waals surface area contributed by atoms with Gasteiger partial charge in [-0.3, -0.25) is 14.2 Å². The quantitative estimate of drug-likeness (QED) is 0.253. The second kappa shape index (κ2) is 10.5. The van der Waals surface area contributed by atoms with Gasteiger partial charge in [-0.1, -0.05) is 37.8 Å². The van der Waals surface area contributed by atoms with Gasteiger partial charge in [0.15, 0.2) is 5.82 Å². The van der Waals surface area contributed by atoms with Crippen molar-refractivity contribution in [3.63, 3.8) is 0 Å². The Balaban J connectivity index is 1.82. The van der Waals surface area contributed by atoms with Gasteiger partial charge in [0.25, 0.3) is 0 Å². The summed E-state index contributed by atoms with van der Waals surface area (Å²) in [6.07, 6.45) is 1.97. The average molecular weight is 505 g/mol. The third-order valence-electron chi connectivity index (χ3n) is 5.87. The van der Waals surface area contributed by atoms with Gasteiger partial charge < -0.3 is 15.8 Å². The first-order chi connectivity index (χ1) is 17.2. The molecular weight excluding hydrogens is 472 g/mol. The van der Waals surface area contributed by atoms with E-state index in [1.807, 2.05) is 47.2 Å². The van der Waals surface area contributed by atoms with Crippen LogP contribution in [0.3, 0.4) is 0 Å². The molecule has 0 bridgehead atoms. The molecule has 0 atom stereocenters. The van der Waals surface area contributed by atoms with Gasteiger partial charge in [-0.2, -0.15) is 5.10 Å². The number of aromatic nitrogens is 4. The number of nitrogens with two attached hydrogens (primary N) is 1. The fourth-order valence-corrected chi connectivity index (χ4v) is 4.60. The Morgan fingerprint density at radius 2 is 1.86 bits per heavy atom. The molecule has 0 spiro atoms. The molecule has 2 aromatic carbocycles. The molecule has 0 aliphatic rings. The van der Waals surface area contributed by atoms with E-state index >= 15 is 0 Å². The zero-order valence-electron chi connectivity index (χ0n) is 21.1. The summed E-state index contributed by atoms with van der Waals surface area (Å²) in [5.41, 5.74) is 8.83. The maximum atomic E-state index is 12.1. The van der Waals surface area contributed by atoms with Crippen LogP contribution in [0.4, 0.5) is 0 Å². The number of nitrogens with one attached hydrogen (secondary N) is 1. The molecular formula is C26H32N6O3Si. The van der Waals surface area contributed by atoms with Crippen LogP contribution in [-0.2, 0) is 22.7 Å². The molecule has 36 heavy (non-hydrogen) atoms. The molecule has 4 aromatic rings. The highest BCUT2D eigenvalue weighted by molar-refractivity contribution is 6.76. The number of hydrogen-bond donors (Lipinski definition) is 2. The third kappa shape index (κ3) is 5.72. The van der Waals surface area contributed by atoms with Crippen LogP contribution < -0.4 is 11.1 Å². The van der Waals surface area contributed by atoms with Crippen LogP contribution in [0.5, 0.6) is 0 Å². The summed E-state index contributed by atoms with van der Waals surface area (Å²) >= 11 is 0. The van der Waals surface area contributed by atoms with Crippen LogP contribution in [0.2, 0.25) is 25.7 Å². The normalized spacial score (nSPS) is 11.7. The van der Waals surface area contributed by atoms with Crippen molar-refractivity contribution in [3.8, 4) is 17.2 Å². The molecule has 188 valence electrons. The largest absolute Gasteiger partial charge is 0.366 e. The van der Waals surface area contributed by atoms with Crippen LogP contribution >= 0.6 is 0 Å². The molecule has 9 nitrogen and oxygen atoms in total. The maximum absolute atomic E-state index is 12.1. The Hall–Kier alpha value is -3.76. The molecule has 0 saturated carbocycles. The number of carbonyl (C=O) groups excluding carboxylic acids is 2. The zero-order chi connectivity index (χ0) is 25.9. The summed E-state index contributed by atoms with van der Waals surface area (Å²) in [6.45, 7) is 7.85. The van der Waals surface area contributed by atoms with Crippen LogP contribution in [0.25, 0.3) is 28.1 Å². The Bertz CT molecular complexity index is 1390. The number of amides is 2. The van der Waals surface area contributed by atoms with Crippen molar-refractivity contribution in [3.05, 3.63) is 66.0 Å². The average Bonchev–Trinajstić information content (AvgIpc) is 3.42. The van der Waals surface area contributed by atoms with Crippen molar-refractivity contribution in [1.82, 2.24) is 24.6 Å². The highest BCUT2D eigenvalue weighted by Crippen LogP contribution is 2.30. The topological polar surface area (TPSA) is 117 Å². The lowest BCUT2D eigenvalue weighted by Gasteiger charge is -2.15. The molecule has 10 heteroatoms. The number of hydrogen-bond acceptors (Lipinski definition) is 5. The smallest absolute Gasteiger partial charge is 0.248 e. The second-order valence-electron chi connectivity index (χ2n) is 9.90. The van der Waals surface area contributed by atoms with Crippen LogP contribution in [0, 0.1) is 0 Å². The van der Waals surface area contributed by atoms with E-state index in [1.165, 1.54) is 0 Å². The highest BCUT2D eigenvalue weighted by Gasteiger charge is 2.21. The number of likely N-dealkylation sites (N-methyl/N-ethyl adjacent to an activating group) is 1. The Morgan fingerprint density at radius 1 is 1.11 bits per heavy atom. The van der Waals surface area contributed by atoms with Gasteiger partial charge in [0.2, 0.25) is 11.8 Å². The first-order valence-corrected chi connectivity index (χ1v) is 15.6. The minimum absolute atomic E-state index is 0.133. The van der Waals surface area contributed by atoms with E-state index in [-0.39, 0.29) is 19.1 Å². The van der Waals surface area contributed by atoms with E-state index in [0.29, 0.717) is 29.4 Å². The lowest BCUT2D eigenvalue weighted by atomic mass is 10.1. The molecule has 2 amide bonds. The van der Waals surface area contributed by atoms with E-state index in [2.05, 4.69) is 25.0 Å². The van der Waals surface area contributed by atoms with Crippen molar-refractivity contribution < 1.29 is 14.3 Å². The van der Waals surface area contributed by atoms with Gasteiger partial charge in [-0.25, -0.2) is 9.67 Å². The van der Waals surface area contributed by atoms with Crippen LogP contribution in [0.15, 0.2) is 54.7 Å². The van der Waals surface area contributed by atoms with Crippen molar-refractivity contribution in [2.75, 3.05) is 13.7 Å². The van der Waals surface area contributed by atoms with Crippen molar-refractivity contribution >= 4 is 30.8 Å². The van der Waals surface area contributed by atoms with E-state index in [0.717, 1.165) is 22.6 Å². The number of ether oxygens (including phenoxy) is 1. The lowest BCUT2D eigenvalue weighted by molar-refractivity contribution is -0.120. The fraction of sp³-hybridized carbons (Fsp3) is 0.308. The third-order valence-corrected chi connectivity index (χ3v) is 7.57. The van der Waals surface area contributed by atoms with Gasteiger partial charge in [0.1, 0.15) is 12.4 Å². The molecule has 3 N–H and O–H groups in total. The molecule has 2 heterocycles. The number of primary amides is 1. The Morgan fingerprint density at radius 3 is 2.53 bits per heavy atom. The summed E-state index contributed by atoms with van der Waals surface area (Å²) in [5.74, 6) is -0.0947. The Labute approximate surface area is 211 Å². The van der Waals surface area contributed by atoms with E-state index in [1.54, 1.807) is 23.9 Å². The number of fused-ring (bicyclic) bond motifs is 1. The van der Waals surface area contributed by atoms with E-state index in [9.17, 15) is 9.59 Å². The molecule has 0 aliphatic carbocycles. The van der Waals surface area contributed by atoms with Crippen LogP contribution in [0.1, 0.15) is 16.1 Å². The molecule has 2 aromatic heterocycles. The SMILES string of the molecule is CNC(=O)Cc1cn(-c2ccccc2)c(-c2nn(COCC[Si](C)(C)C)c3ccc(C(N)=O)cc23)n1. The number of benzene rings is 2. The zero-order valence-corrected chi connectivity index (χ0v) is 22.1. The maximum Gasteiger partial charge on any atom is 0.248 e. The van der Waals surface area contributed by atoms with Gasteiger partial charge in [-0.15, -0.1) is 0 Å². The summed E-state index contributed by atoms with van der Waals surface area (Å²) in [4.78, 5) is 28.8. The number of nitrogens with zero attached hydrogens (tertiary/aromatic N) is 4. The summed E-state index contributed by atoms with van der Waals surface area (Å²) in [5, 5.41) is 8.23. The summed E-state index contributed by atoms with van der Waals surface area (Å²) in [6, 6.07) is 16.0. The van der Waals surface area contributed by atoms with Crippen LogP contribution in [-0.4, -0.2) is 52.9 Å². The number of rotatable bonds is 10. The molecule has 0 saturated heterocycles. The van der Waals surface area contributed by atoms with E-state index in [4.69, 9.17) is 20.6 Å². The molecule has 0 radical (unpaired) electrons. The number of para-hydroxylation sites is 1. The molecule has 0 aliphatic heterocycles. The molecule has 4 rings (SSSR count). The first-order valence-electron chi connectivity index (χ1n) is 11.9. The number of imidazole rings is 1. The number of carbonyl (C=O) groups is 2. The lowest BCUT2D eigenvalue weighted by Crippen LogP contribution is -2.22. The van der Waals surface area contributed by atoms with Gasteiger partial charge in [0, 0.05) is 44.6 Å². The van der Waals surface area contributed by atoms with Gasteiger partial charge in [-0.05, 0) is 36.4 Å². The van der Waals surface area contributed by atoms with Crippen molar-refractivity contribution in [2.45, 2.75) is 38.8 Å². The molecule has 0 unspecified atom stereocenters. The van der Waals surface area contributed by atoms with Crippen molar-refractivity contribution in [1.29, 1.82) is 0 Å². The molecule has 0 fully saturated rings. The first kappa shape index (κ1) is 25.3. The fourth-order valence-electron chi connectivity index (χ4n) is 3.84. The second-order valence-corrected chi connectivity index (χ2v) is 15.5. The predicted molar refractivity (Wildman–Crippen MR) is 143 cm³/mol. The van der Waals surface area contributed by atoms with Gasteiger partial charge >= 0.3 is 0 Å². The summed E-state index contributed by atoms with van der Waals surface area (Å²) in [7, 11) is 0.370. The predicted octanol–water partition coefficient (Wildman–Crippen LogP) is 3.59. The van der Waals surface area contributed by atoms with Crippen molar-refractivity contribution in [2.24, 2.45) is 5.73 Å². The minimum atomic E-state index is -1.23. The van der Waals surface area contributed by atoms with Gasteiger partial charge in [0.05, 0.1) is 17.6 Å².